The van der Waals surface area contributed by atoms with E-state index < -0.39 is 0 Å². The van der Waals surface area contributed by atoms with Gasteiger partial charge >= 0.3 is 0 Å². The van der Waals surface area contributed by atoms with Gasteiger partial charge in [0.2, 0.25) is 0 Å². The van der Waals surface area contributed by atoms with Gasteiger partial charge in [-0.2, -0.15) is 5.26 Å². The molecule has 0 radical (unpaired) electrons. The molecule has 16 nitrogen and oxygen atoms in total. The number of piperazine rings is 1. The van der Waals surface area contributed by atoms with Crippen molar-refractivity contribution in [3.8, 4) is 23.3 Å². The summed E-state index contributed by atoms with van der Waals surface area (Å²) >= 11 is 12.7. The number of hydrogen-bond acceptors (Lipinski definition) is 16. The highest BCUT2D eigenvalue weighted by molar-refractivity contribution is 6.37. The van der Waals surface area contributed by atoms with E-state index in [1.807, 2.05) is 12.1 Å². The highest BCUT2D eigenvalue weighted by Crippen LogP contribution is 2.40. The molecule has 4 rings (SSSR count). The number of nitrogens with zero attached hydrogens (tertiary/aromatic N) is 4. The van der Waals surface area contributed by atoms with E-state index in [4.69, 9.17) is 76.3 Å². The van der Waals surface area contributed by atoms with Crippen LogP contribution in [0.25, 0.3) is 10.9 Å². The molecule has 0 bridgehead atoms. The molecule has 3 N–H and O–H groups in total. The Bertz CT molecular complexity index is 1680. The van der Waals surface area contributed by atoms with Gasteiger partial charge < -0.3 is 63.3 Å². The van der Waals surface area contributed by atoms with Gasteiger partial charge in [0.05, 0.1) is 146 Å². The highest BCUT2D eigenvalue weighted by atomic mass is 35.5. The van der Waals surface area contributed by atoms with Crippen LogP contribution in [0.1, 0.15) is 12.0 Å². The van der Waals surface area contributed by atoms with Crippen LogP contribution in [0, 0.1) is 11.3 Å². The minimum Gasteiger partial charge on any atom is -0.495 e. The van der Waals surface area contributed by atoms with Gasteiger partial charge in [0.15, 0.2) is 11.5 Å². The summed E-state index contributed by atoms with van der Waals surface area (Å²) in [5, 5.41) is 14.6. The summed E-state index contributed by atoms with van der Waals surface area (Å²) in [5.41, 5.74) is 7.39. The molecule has 18 heteroatoms. The average molecular weight is 868 g/mol. The van der Waals surface area contributed by atoms with Crippen molar-refractivity contribution in [1.29, 1.82) is 5.26 Å². The molecule has 2 aromatic carbocycles. The SMILES string of the molecule is COc1cc(Nc2c(C#N)cnc3cc(OCCCN4CCN(CCOCCOCCOCCOCCOCCOCCOCCN)CC4)c(OC)cc23)c(Cl)cc1Cl. The lowest BCUT2D eigenvalue weighted by molar-refractivity contribution is -0.0211. The van der Waals surface area contributed by atoms with Crippen LogP contribution < -0.4 is 25.3 Å². The number of pyridine rings is 1. The number of aromatic nitrogens is 1. The summed E-state index contributed by atoms with van der Waals surface area (Å²) < 4.78 is 55.8. The first-order valence-electron chi connectivity index (χ1n) is 20.0. The van der Waals surface area contributed by atoms with Gasteiger partial charge in [0.25, 0.3) is 0 Å². The Labute approximate surface area is 357 Å². The van der Waals surface area contributed by atoms with Crippen molar-refractivity contribution in [1.82, 2.24) is 14.8 Å². The Hall–Kier alpha value is -3.28. The van der Waals surface area contributed by atoms with Gasteiger partial charge in [-0.05, 0) is 18.6 Å². The Morgan fingerprint density at radius 3 is 1.69 bits per heavy atom. The van der Waals surface area contributed by atoms with Crippen molar-refractivity contribution in [2.45, 2.75) is 6.42 Å². The van der Waals surface area contributed by atoms with Crippen LogP contribution >= 0.6 is 23.2 Å². The van der Waals surface area contributed by atoms with E-state index in [0.29, 0.717) is 161 Å². The molecule has 0 amide bonds. The largest absolute Gasteiger partial charge is 0.495 e. The predicted octanol–water partition coefficient (Wildman–Crippen LogP) is 4.64. The minimum absolute atomic E-state index is 0.339. The molecule has 0 aliphatic carbocycles. The van der Waals surface area contributed by atoms with Crippen LogP contribution in [-0.2, 0) is 33.2 Å². The summed E-state index contributed by atoms with van der Waals surface area (Å²) in [6.07, 6.45) is 2.37. The molecule has 2 heterocycles. The number of nitrogens with two attached hydrogens (primary N) is 1. The lowest BCUT2D eigenvalue weighted by Gasteiger charge is -2.34. The Morgan fingerprint density at radius 2 is 1.17 bits per heavy atom. The van der Waals surface area contributed by atoms with Gasteiger partial charge in [-0.25, -0.2) is 0 Å². The van der Waals surface area contributed by atoms with Crippen molar-refractivity contribution >= 4 is 45.5 Å². The molecule has 0 spiro atoms. The standard InChI is InChI=1S/C41H60Cl2N6O10/c1-50-38-29-37(34(42)27-35(38)43)47-41-32(30-45)31-46-36-28-40(39(51-2)26-33(36)41)59-11-3-5-48-6-8-49(9-7-48)10-13-53-15-17-55-19-21-57-23-25-58-24-22-56-20-18-54-16-14-52-12-4-44/h26-29,31H,3-25,44H2,1-2H3,(H,46,47). The quantitative estimate of drug-likeness (QED) is 0.0831. The fraction of sp³-hybridized carbons (Fsp3) is 0.610. The van der Waals surface area contributed by atoms with E-state index in [1.54, 1.807) is 19.2 Å². The fourth-order valence-corrected chi connectivity index (χ4v) is 6.52. The second-order valence-electron chi connectivity index (χ2n) is 13.2. The molecule has 0 unspecified atom stereocenters. The maximum Gasteiger partial charge on any atom is 0.163 e. The molecule has 1 fully saturated rings. The zero-order chi connectivity index (χ0) is 41.9. The number of halogens is 2. The van der Waals surface area contributed by atoms with E-state index in [0.717, 1.165) is 45.7 Å². The molecular weight excluding hydrogens is 807 g/mol. The van der Waals surface area contributed by atoms with Gasteiger partial charge in [0.1, 0.15) is 11.8 Å². The normalized spacial score (nSPS) is 13.5. The van der Waals surface area contributed by atoms with E-state index in [1.165, 1.54) is 13.3 Å². The van der Waals surface area contributed by atoms with Crippen molar-refractivity contribution < 1.29 is 47.4 Å². The maximum absolute atomic E-state index is 9.87. The zero-order valence-electron chi connectivity index (χ0n) is 34.4. The molecule has 0 atom stereocenters. The first-order valence-corrected chi connectivity index (χ1v) is 20.8. The van der Waals surface area contributed by atoms with Crippen LogP contribution in [0.3, 0.4) is 0 Å². The predicted molar refractivity (Wildman–Crippen MR) is 227 cm³/mol. The number of ether oxygens (including phenoxy) is 10. The Kier molecular flexibility index (Phi) is 23.8. The van der Waals surface area contributed by atoms with E-state index in [-0.39, 0.29) is 0 Å². The van der Waals surface area contributed by atoms with Crippen molar-refractivity contribution in [2.75, 3.05) is 164 Å². The summed E-state index contributed by atoms with van der Waals surface area (Å²) in [7, 11) is 3.11. The molecule has 1 saturated heterocycles. The monoisotopic (exact) mass is 866 g/mol. The van der Waals surface area contributed by atoms with Crippen LogP contribution in [0.4, 0.5) is 11.4 Å². The van der Waals surface area contributed by atoms with Crippen LogP contribution in [0.5, 0.6) is 17.2 Å². The highest BCUT2D eigenvalue weighted by Gasteiger charge is 2.19. The molecule has 0 saturated carbocycles. The Balaban J connectivity index is 1.01. The summed E-state index contributed by atoms with van der Waals surface area (Å²) in [4.78, 5) is 9.41. The zero-order valence-corrected chi connectivity index (χ0v) is 35.9. The van der Waals surface area contributed by atoms with Crippen molar-refractivity contribution in [3.63, 3.8) is 0 Å². The van der Waals surface area contributed by atoms with Crippen LogP contribution in [0.15, 0.2) is 30.5 Å². The molecule has 3 aromatic rings. The Morgan fingerprint density at radius 1 is 0.644 bits per heavy atom. The number of nitriles is 1. The number of methoxy groups -OCH3 is 2. The summed E-state index contributed by atoms with van der Waals surface area (Å²) in [6, 6.07) is 9.12. The van der Waals surface area contributed by atoms with Crippen LogP contribution in [-0.4, -0.2) is 174 Å². The average Bonchev–Trinajstić information content (AvgIpc) is 3.25. The topological polar surface area (TPSA) is 174 Å². The molecule has 1 aliphatic heterocycles. The van der Waals surface area contributed by atoms with Crippen LogP contribution in [0.2, 0.25) is 10.0 Å². The number of fused-ring (bicyclic) bond motifs is 1. The number of benzene rings is 2. The molecule has 1 aliphatic rings. The van der Waals surface area contributed by atoms with Crippen molar-refractivity contribution in [2.24, 2.45) is 5.73 Å². The third-order valence-electron chi connectivity index (χ3n) is 9.16. The number of anilines is 2. The number of nitrogens with one attached hydrogen (secondary N) is 1. The summed E-state index contributed by atoms with van der Waals surface area (Å²) in [5.74, 6) is 1.56. The molecule has 59 heavy (non-hydrogen) atoms. The number of rotatable bonds is 32. The molecule has 328 valence electrons. The lowest BCUT2D eigenvalue weighted by atomic mass is 10.1. The third kappa shape index (κ3) is 17.7. The third-order valence-corrected chi connectivity index (χ3v) is 9.77. The first kappa shape index (κ1) is 48.4. The number of hydrogen-bond donors (Lipinski definition) is 2. The van der Waals surface area contributed by atoms with Gasteiger partial charge in [-0.3, -0.25) is 9.88 Å². The molecular formula is C41H60Cl2N6O10. The second kappa shape index (κ2) is 29.1. The first-order chi connectivity index (χ1) is 29.0. The van der Waals surface area contributed by atoms with Gasteiger partial charge in [-0.1, -0.05) is 23.2 Å². The second-order valence-corrected chi connectivity index (χ2v) is 14.0. The van der Waals surface area contributed by atoms with Crippen molar-refractivity contribution in [3.05, 3.63) is 46.1 Å². The van der Waals surface area contributed by atoms with Gasteiger partial charge in [-0.15, -0.1) is 0 Å². The van der Waals surface area contributed by atoms with E-state index >= 15 is 0 Å². The van der Waals surface area contributed by atoms with E-state index in [2.05, 4.69) is 26.2 Å². The smallest absolute Gasteiger partial charge is 0.163 e. The summed E-state index contributed by atoms with van der Waals surface area (Å²) in [6.45, 7) is 14.4. The maximum atomic E-state index is 9.87. The van der Waals surface area contributed by atoms with Gasteiger partial charge in [0, 0.05) is 69.5 Å². The molecule has 1 aromatic heterocycles. The lowest BCUT2D eigenvalue weighted by Crippen LogP contribution is -2.47. The van der Waals surface area contributed by atoms with E-state index in [9.17, 15) is 5.26 Å². The minimum atomic E-state index is 0.339. The fourth-order valence-electron chi connectivity index (χ4n) is 6.01.